The van der Waals surface area contributed by atoms with Gasteiger partial charge in [0, 0.05) is 41.5 Å². The van der Waals surface area contributed by atoms with Crippen molar-refractivity contribution in [3.8, 4) is 5.75 Å². The summed E-state index contributed by atoms with van der Waals surface area (Å²) in [4.78, 5) is 23.3. The molecule has 0 radical (unpaired) electrons. The highest BCUT2D eigenvalue weighted by atomic mass is 79.9. The van der Waals surface area contributed by atoms with Gasteiger partial charge in [0.2, 0.25) is 0 Å². The predicted molar refractivity (Wildman–Crippen MR) is 141 cm³/mol. The molecule has 0 fully saturated rings. The Kier molecular flexibility index (Phi) is 8.12. The minimum atomic E-state index is -0.360. The molecule has 2 amide bonds. The molecule has 2 N–H and O–H groups in total. The van der Waals surface area contributed by atoms with Crippen molar-refractivity contribution in [1.82, 2.24) is 19.4 Å². The number of likely N-dealkylation sites (N-methyl/N-ethyl adjacent to an activating group) is 1. The van der Waals surface area contributed by atoms with Crippen LogP contribution >= 0.6 is 15.9 Å². The zero-order valence-electron chi connectivity index (χ0n) is 19.6. The van der Waals surface area contributed by atoms with Crippen molar-refractivity contribution in [3.05, 3.63) is 101 Å². The molecule has 2 aromatic heterocycles. The summed E-state index contributed by atoms with van der Waals surface area (Å²) in [5.41, 5.74) is 3.32. The van der Waals surface area contributed by atoms with Crippen LogP contribution in [0.25, 0.3) is 0 Å². The molecule has 0 saturated heterocycles. The number of aromatic nitrogens is 3. The number of amides is 2. The van der Waals surface area contributed by atoms with Crippen molar-refractivity contribution in [1.29, 1.82) is 0 Å². The summed E-state index contributed by atoms with van der Waals surface area (Å²) in [5.74, 6) is 0.608. The Morgan fingerprint density at radius 2 is 1.86 bits per heavy atom. The molecule has 2 heterocycles. The van der Waals surface area contributed by atoms with Crippen LogP contribution in [0, 0.1) is 0 Å². The third-order valence-electron chi connectivity index (χ3n) is 5.29. The first-order valence-electron chi connectivity index (χ1n) is 11.1. The Morgan fingerprint density at radius 1 is 1.03 bits per heavy atom. The molecule has 0 aliphatic heterocycles. The molecule has 0 aliphatic carbocycles. The fourth-order valence-corrected chi connectivity index (χ4v) is 4.00. The van der Waals surface area contributed by atoms with Gasteiger partial charge in [0.1, 0.15) is 12.4 Å². The van der Waals surface area contributed by atoms with Crippen LogP contribution in [0.1, 0.15) is 17.2 Å². The summed E-state index contributed by atoms with van der Waals surface area (Å²) < 4.78 is 8.74. The smallest absolute Gasteiger partial charge is 0.323 e. The average molecular weight is 535 g/mol. The van der Waals surface area contributed by atoms with E-state index in [1.807, 2.05) is 84.4 Å². The molecular weight excluding hydrogens is 508 g/mol. The van der Waals surface area contributed by atoms with Crippen LogP contribution in [0.15, 0.2) is 90.2 Å². The first kappa shape index (κ1) is 24.4. The first-order chi connectivity index (χ1) is 17.0. The lowest BCUT2D eigenvalue weighted by atomic mass is 9.99. The lowest BCUT2D eigenvalue weighted by Gasteiger charge is -2.20. The molecule has 8 nitrogen and oxygen atoms in total. The first-order valence-corrected chi connectivity index (χ1v) is 11.9. The number of anilines is 2. The number of ether oxygens (including phenoxy) is 1. The van der Waals surface area contributed by atoms with Gasteiger partial charge in [0.15, 0.2) is 0 Å². The van der Waals surface area contributed by atoms with E-state index in [1.165, 1.54) is 0 Å². The second-order valence-electron chi connectivity index (χ2n) is 8.19. The third-order valence-corrected chi connectivity index (χ3v) is 5.78. The summed E-state index contributed by atoms with van der Waals surface area (Å²) in [6.45, 7) is 1.28. The summed E-state index contributed by atoms with van der Waals surface area (Å²) in [6.07, 6.45) is 8.99. The minimum Gasteiger partial charge on any atom is -0.490 e. The Labute approximate surface area is 213 Å². The van der Waals surface area contributed by atoms with Crippen LogP contribution in [0.4, 0.5) is 16.2 Å². The topological polar surface area (TPSA) is 84.3 Å². The molecule has 0 aliphatic rings. The van der Waals surface area contributed by atoms with Gasteiger partial charge >= 0.3 is 6.03 Å². The van der Waals surface area contributed by atoms with Gasteiger partial charge in [-0.1, -0.05) is 28.1 Å². The number of hydrogen-bond acceptors (Lipinski definition) is 5. The number of benzene rings is 2. The molecule has 0 bridgehead atoms. The Bertz CT molecular complexity index is 1250. The molecule has 1 atom stereocenters. The quantitative estimate of drug-likeness (QED) is 0.306. The largest absolute Gasteiger partial charge is 0.490 e. The van der Waals surface area contributed by atoms with Crippen molar-refractivity contribution in [2.24, 2.45) is 0 Å². The second-order valence-corrected chi connectivity index (χ2v) is 9.11. The molecular formula is C26H27BrN6O2. The fraction of sp³-hybridized carbons (Fsp3) is 0.192. The average Bonchev–Trinajstić information content (AvgIpc) is 3.36. The summed E-state index contributed by atoms with van der Waals surface area (Å²) in [5, 5.41) is 5.84. The Morgan fingerprint density at radius 3 is 2.60 bits per heavy atom. The molecule has 0 saturated carbocycles. The Balaban J connectivity index is 1.51. The lowest BCUT2D eigenvalue weighted by Crippen LogP contribution is -2.22. The normalized spacial score (nSPS) is 11.8. The molecule has 35 heavy (non-hydrogen) atoms. The van der Waals surface area contributed by atoms with Gasteiger partial charge in [-0.3, -0.25) is 4.98 Å². The van der Waals surface area contributed by atoms with Crippen LogP contribution < -0.4 is 15.4 Å². The highest BCUT2D eigenvalue weighted by Gasteiger charge is 2.17. The molecule has 9 heteroatoms. The number of rotatable bonds is 9. The summed E-state index contributed by atoms with van der Waals surface area (Å²) in [7, 11) is 3.97. The molecule has 4 rings (SSSR count). The zero-order chi connectivity index (χ0) is 24.6. The van der Waals surface area contributed by atoms with Gasteiger partial charge in [-0.2, -0.15) is 0 Å². The van der Waals surface area contributed by atoms with E-state index in [4.69, 9.17) is 4.74 Å². The molecule has 0 spiro atoms. The van der Waals surface area contributed by atoms with Gasteiger partial charge in [-0.15, -0.1) is 0 Å². The van der Waals surface area contributed by atoms with Gasteiger partial charge in [0.05, 0.1) is 18.1 Å². The van der Waals surface area contributed by atoms with E-state index in [9.17, 15) is 4.79 Å². The van der Waals surface area contributed by atoms with E-state index < -0.39 is 0 Å². The number of nitrogens with zero attached hydrogens (tertiary/aromatic N) is 4. The maximum atomic E-state index is 12.9. The van der Waals surface area contributed by atoms with E-state index >= 15 is 0 Å². The molecule has 1 unspecified atom stereocenters. The van der Waals surface area contributed by atoms with Gasteiger partial charge < -0.3 is 24.8 Å². The monoisotopic (exact) mass is 534 g/mol. The third kappa shape index (κ3) is 6.68. The van der Waals surface area contributed by atoms with Crippen molar-refractivity contribution in [2.45, 2.75) is 6.04 Å². The van der Waals surface area contributed by atoms with Crippen molar-refractivity contribution in [2.75, 3.05) is 37.9 Å². The van der Waals surface area contributed by atoms with Crippen molar-refractivity contribution >= 4 is 33.3 Å². The number of urea groups is 1. The number of hydrogen-bond donors (Lipinski definition) is 2. The summed E-state index contributed by atoms with van der Waals surface area (Å²) in [6, 6.07) is 16.8. The van der Waals surface area contributed by atoms with E-state index in [0.717, 1.165) is 22.1 Å². The highest BCUT2D eigenvalue weighted by molar-refractivity contribution is 9.10. The second kappa shape index (κ2) is 11.6. The number of carbonyl (C=O) groups excluding carboxylic acids is 1. The van der Waals surface area contributed by atoms with Crippen LogP contribution in [-0.4, -0.2) is 52.7 Å². The van der Waals surface area contributed by atoms with Crippen LogP contribution in [-0.2, 0) is 0 Å². The van der Waals surface area contributed by atoms with E-state index in [0.29, 0.717) is 23.7 Å². The maximum Gasteiger partial charge on any atom is 0.323 e. The SMILES string of the molecule is CN(C)CCOc1ccc(Br)cc1NC(=O)Nc1cccc(C(c2ccncc2)n2ccnc2)c1. The number of pyridine rings is 1. The van der Waals surface area contributed by atoms with E-state index in [2.05, 4.69) is 36.5 Å². The lowest BCUT2D eigenvalue weighted by molar-refractivity contribution is 0.258. The predicted octanol–water partition coefficient (Wildman–Crippen LogP) is 5.26. The maximum absolute atomic E-state index is 12.9. The van der Waals surface area contributed by atoms with Gasteiger partial charge in [0.25, 0.3) is 0 Å². The van der Waals surface area contributed by atoms with E-state index in [1.54, 1.807) is 24.9 Å². The molecule has 4 aromatic rings. The Hall–Kier alpha value is -3.69. The van der Waals surface area contributed by atoms with Gasteiger partial charge in [-0.25, -0.2) is 9.78 Å². The van der Waals surface area contributed by atoms with Crippen LogP contribution in [0.3, 0.4) is 0 Å². The standard InChI is InChI=1S/C26H27BrN6O2/c1-32(2)14-15-35-24-7-6-21(27)17-23(24)31-26(34)30-22-5-3-4-20(16-22)25(33-13-12-29-18-33)19-8-10-28-11-9-19/h3-13,16-18,25H,14-15H2,1-2H3,(H2,30,31,34). The van der Waals surface area contributed by atoms with Crippen LogP contribution in [0.5, 0.6) is 5.75 Å². The fourth-order valence-electron chi connectivity index (χ4n) is 3.64. The minimum absolute atomic E-state index is 0.105. The highest BCUT2D eigenvalue weighted by Crippen LogP contribution is 2.30. The van der Waals surface area contributed by atoms with Crippen LogP contribution in [0.2, 0.25) is 0 Å². The zero-order valence-corrected chi connectivity index (χ0v) is 21.1. The molecule has 180 valence electrons. The summed E-state index contributed by atoms with van der Waals surface area (Å²) >= 11 is 3.46. The number of carbonyl (C=O) groups is 1. The van der Waals surface area contributed by atoms with E-state index in [-0.39, 0.29) is 12.1 Å². The number of nitrogens with one attached hydrogen (secondary N) is 2. The number of halogens is 1. The van der Waals surface area contributed by atoms with Crippen molar-refractivity contribution in [3.63, 3.8) is 0 Å². The number of imidazole rings is 1. The van der Waals surface area contributed by atoms with Crippen molar-refractivity contribution < 1.29 is 9.53 Å². The molecule has 2 aromatic carbocycles. The van der Waals surface area contributed by atoms with Gasteiger partial charge in [-0.05, 0) is 67.7 Å².